The van der Waals surface area contributed by atoms with Gasteiger partial charge in [-0.15, -0.1) is 0 Å². The van der Waals surface area contributed by atoms with Crippen LogP contribution in [0.2, 0.25) is 0 Å². The molecule has 2 aromatic heterocycles. The summed E-state index contributed by atoms with van der Waals surface area (Å²) in [6.07, 6.45) is 3.77. The minimum atomic E-state index is 0.543. The van der Waals surface area contributed by atoms with Gasteiger partial charge in [0.2, 0.25) is 5.89 Å². The van der Waals surface area contributed by atoms with Crippen LogP contribution in [0.15, 0.2) is 29.1 Å². The average molecular weight is 327 g/mol. The Balaban J connectivity index is 1.99. The molecule has 24 heavy (non-hydrogen) atoms. The first-order valence-corrected chi connectivity index (χ1v) is 7.70. The highest BCUT2D eigenvalue weighted by atomic mass is 16.5. The number of oxazole rings is 1. The lowest BCUT2D eigenvalue weighted by Crippen LogP contribution is -1.99. The van der Waals surface area contributed by atoms with Crippen molar-refractivity contribution >= 4 is 0 Å². The standard InChI is InChI=1S/C18H21N3O3/c1-11-8-21(10-19-11)9-15-13(3)24-18(20-15)14-6-7-16(22-4)12(2)17(14)23-5/h6-8,10H,9H2,1-5H3. The third-order valence-corrected chi connectivity index (χ3v) is 4.00. The van der Waals surface area contributed by atoms with Gasteiger partial charge in [-0.05, 0) is 32.9 Å². The summed E-state index contributed by atoms with van der Waals surface area (Å²) in [4.78, 5) is 8.89. The number of ether oxygens (including phenoxy) is 2. The number of hydrogen-bond acceptors (Lipinski definition) is 5. The summed E-state index contributed by atoms with van der Waals surface area (Å²) >= 11 is 0. The van der Waals surface area contributed by atoms with Crippen LogP contribution in [0.4, 0.5) is 0 Å². The van der Waals surface area contributed by atoms with Crippen molar-refractivity contribution in [3.8, 4) is 23.0 Å². The first-order chi connectivity index (χ1) is 11.5. The molecule has 6 nitrogen and oxygen atoms in total. The molecule has 0 unspecified atom stereocenters. The molecule has 0 saturated carbocycles. The Morgan fingerprint density at radius 3 is 2.54 bits per heavy atom. The second kappa shape index (κ2) is 6.39. The lowest BCUT2D eigenvalue weighted by atomic mass is 10.1. The predicted octanol–water partition coefficient (Wildman–Crippen LogP) is 3.53. The van der Waals surface area contributed by atoms with Gasteiger partial charge in [0.05, 0.1) is 38.3 Å². The third kappa shape index (κ3) is 2.87. The van der Waals surface area contributed by atoms with Crippen molar-refractivity contribution in [3.05, 3.63) is 47.4 Å². The summed E-state index contributed by atoms with van der Waals surface area (Å²) in [7, 11) is 3.28. The van der Waals surface area contributed by atoms with Crippen molar-refractivity contribution in [1.29, 1.82) is 0 Å². The Kier molecular flexibility index (Phi) is 4.29. The first-order valence-electron chi connectivity index (χ1n) is 7.70. The molecule has 0 amide bonds. The average Bonchev–Trinajstić information content (AvgIpc) is 3.13. The van der Waals surface area contributed by atoms with Crippen LogP contribution in [0.1, 0.15) is 22.7 Å². The van der Waals surface area contributed by atoms with E-state index in [1.165, 1.54) is 0 Å². The fraction of sp³-hybridized carbons (Fsp3) is 0.333. The Labute approximate surface area is 141 Å². The second-order valence-corrected chi connectivity index (χ2v) is 5.68. The molecule has 2 heterocycles. The second-order valence-electron chi connectivity index (χ2n) is 5.68. The van der Waals surface area contributed by atoms with Crippen molar-refractivity contribution in [3.63, 3.8) is 0 Å². The molecule has 126 valence electrons. The molecule has 0 aliphatic rings. The molecular weight excluding hydrogens is 306 g/mol. The zero-order chi connectivity index (χ0) is 17.3. The molecule has 3 aromatic rings. The minimum Gasteiger partial charge on any atom is -0.496 e. The van der Waals surface area contributed by atoms with Crippen LogP contribution >= 0.6 is 0 Å². The number of methoxy groups -OCH3 is 2. The molecule has 0 bridgehead atoms. The summed E-state index contributed by atoms with van der Waals surface area (Å²) in [6, 6.07) is 3.80. The summed E-state index contributed by atoms with van der Waals surface area (Å²) < 4.78 is 18.8. The van der Waals surface area contributed by atoms with E-state index in [2.05, 4.69) is 9.97 Å². The third-order valence-electron chi connectivity index (χ3n) is 4.00. The van der Waals surface area contributed by atoms with Crippen LogP contribution in [-0.4, -0.2) is 28.8 Å². The van der Waals surface area contributed by atoms with Crippen molar-refractivity contribution in [2.75, 3.05) is 14.2 Å². The highest BCUT2D eigenvalue weighted by molar-refractivity contribution is 5.68. The Bertz CT molecular complexity index is 865. The van der Waals surface area contributed by atoms with Crippen LogP contribution in [0, 0.1) is 20.8 Å². The summed E-state index contributed by atoms with van der Waals surface area (Å²) in [5.41, 5.74) is 3.58. The van der Waals surface area contributed by atoms with Gasteiger partial charge in [-0.3, -0.25) is 0 Å². The van der Waals surface area contributed by atoms with E-state index in [0.717, 1.165) is 34.0 Å². The number of imidazole rings is 1. The molecule has 0 radical (unpaired) electrons. The highest BCUT2D eigenvalue weighted by Crippen LogP contribution is 2.37. The maximum absolute atomic E-state index is 5.89. The van der Waals surface area contributed by atoms with Gasteiger partial charge in [0.25, 0.3) is 0 Å². The van der Waals surface area contributed by atoms with Gasteiger partial charge in [-0.2, -0.15) is 0 Å². The van der Waals surface area contributed by atoms with Crippen LogP contribution in [-0.2, 0) is 6.54 Å². The van der Waals surface area contributed by atoms with Gasteiger partial charge in [0.1, 0.15) is 23.0 Å². The molecular formula is C18H21N3O3. The summed E-state index contributed by atoms with van der Waals surface area (Å²) in [5.74, 6) is 2.81. The smallest absolute Gasteiger partial charge is 0.230 e. The lowest BCUT2D eigenvalue weighted by Gasteiger charge is -2.12. The molecule has 0 aliphatic heterocycles. The van der Waals surface area contributed by atoms with Gasteiger partial charge < -0.3 is 18.5 Å². The van der Waals surface area contributed by atoms with Crippen molar-refractivity contribution in [2.45, 2.75) is 27.3 Å². The van der Waals surface area contributed by atoms with E-state index < -0.39 is 0 Å². The van der Waals surface area contributed by atoms with Gasteiger partial charge in [0.15, 0.2) is 0 Å². The normalized spacial score (nSPS) is 10.9. The van der Waals surface area contributed by atoms with E-state index in [0.29, 0.717) is 18.2 Å². The highest BCUT2D eigenvalue weighted by Gasteiger charge is 2.19. The SMILES string of the molecule is COc1ccc(-c2nc(Cn3cnc(C)c3)c(C)o2)c(OC)c1C. The Morgan fingerprint density at radius 2 is 1.92 bits per heavy atom. The number of aryl methyl sites for hydroxylation is 2. The van der Waals surface area contributed by atoms with Crippen LogP contribution < -0.4 is 9.47 Å². The maximum Gasteiger partial charge on any atom is 0.230 e. The van der Waals surface area contributed by atoms with Crippen LogP contribution in [0.25, 0.3) is 11.5 Å². The van der Waals surface area contributed by atoms with Gasteiger partial charge >= 0.3 is 0 Å². The molecule has 0 saturated heterocycles. The zero-order valence-corrected chi connectivity index (χ0v) is 14.6. The van der Waals surface area contributed by atoms with Crippen molar-refractivity contribution < 1.29 is 13.9 Å². The van der Waals surface area contributed by atoms with Gasteiger partial charge in [0, 0.05) is 11.8 Å². The van der Waals surface area contributed by atoms with Crippen LogP contribution in [0.3, 0.4) is 0 Å². The Morgan fingerprint density at radius 1 is 1.12 bits per heavy atom. The number of rotatable bonds is 5. The van der Waals surface area contributed by atoms with Crippen LogP contribution in [0.5, 0.6) is 11.5 Å². The number of aromatic nitrogens is 3. The van der Waals surface area contributed by atoms with Crippen molar-refractivity contribution in [1.82, 2.24) is 14.5 Å². The first kappa shape index (κ1) is 16.1. The van der Waals surface area contributed by atoms with E-state index in [-0.39, 0.29) is 0 Å². The maximum atomic E-state index is 5.89. The van der Waals surface area contributed by atoms with Crippen molar-refractivity contribution in [2.24, 2.45) is 0 Å². The monoisotopic (exact) mass is 327 g/mol. The van der Waals surface area contributed by atoms with E-state index in [9.17, 15) is 0 Å². The fourth-order valence-electron chi connectivity index (χ4n) is 2.75. The van der Waals surface area contributed by atoms with E-state index >= 15 is 0 Å². The molecule has 1 aromatic carbocycles. The minimum absolute atomic E-state index is 0.543. The molecule has 0 fully saturated rings. The molecule has 6 heteroatoms. The quantitative estimate of drug-likeness (QED) is 0.717. The summed E-state index contributed by atoms with van der Waals surface area (Å²) in [6.45, 7) is 6.45. The number of nitrogens with zero attached hydrogens (tertiary/aromatic N) is 3. The Hall–Kier alpha value is -2.76. The zero-order valence-electron chi connectivity index (χ0n) is 14.6. The predicted molar refractivity (Wildman–Crippen MR) is 90.6 cm³/mol. The van der Waals surface area contributed by atoms with E-state index in [4.69, 9.17) is 13.9 Å². The summed E-state index contributed by atoms with van der Waals surface area (Å²) in [5, 5.41) is 0. The van der Waals surface area contributed by atoms with Gasteiger partial charge in [-0.1, -0.05) is 0 Å². The number of benzene rings is 1. The van der Waals surface area contributed by atoms with Gasteiger partial charge in [-0.25, -0.2) is 9.97 Å². The molecule has 0 spiro atoms. The molecule has 3 rings (SSSR count). The molecule has 0 atom stereocenters. The topological polar surface area (TPSA) is 62.3 Å². The fourth-order valence-corrected chi connectivity index (χ4v) is 2.75. The van der Waals surface area contributed by atoms with E-state index in [1.54, 1.807) is 20.5 Å². The number of hydrogen-bond donors (Lipinski definition) is 0. The lowest BCUT2D eigenvalue weighted by molar-refractivity contribution is 0.388. The van der Waals surface area contributed by atoms with E-state index in [1.807, 2.05) is 43.7 Å². The largest absolute Gasteiger partial charge is 0.496 e. The molecule has 0 N–H and O–H groups in total. The molecule has 0 aliphatic carbocycles.